The van der Waals surface area contributed by atoms with Crippen molar-refractivity contribution in [3.8, 4) is 0 Å². The van der Waals surface area contributed by atoms with Gasteiger partial charge >= 0.3 is 0 Å². The highest BCUT2D eigenvalue weighted by molar-refractivity contribution is 7.98. The maximum atomic E-state index is 12.8. The molecule has 1 aliphatic heterocycles. The van der Waals surface area contributed by atoms with Crippen molar-refractivity contribution in [3.05, 3.63) is 54.2 Å². The summed E-state index contributed by atoms with van der Waals surface area (Å²) in [6, 6.07) is 13.7. The molecule has 1 fully saturated rings. The van der Waals surface area contributed by atoms with Crippen LogP contribution < -0.4 is 10.2 Å². The molecule has 0 unspecified atom stereocenters. The number of rotatable bonds is 6. The standard InChI is InChI=1S/C23H24N6O2S/c1-32-23-26-20(28-11-13-31-14-12-28)19-15-25-29(21(19)27-23)10-9-24-22(30)18-8-4-6-16-5-2-3-7-17(16)18/h2-8,15H,9-14H2,1H3,(H,24,30). The van der Waals surface area contributed by atoms with Crippen molar-refractivity contribution in [2.24, 2.45) is 0 Å². The van der Waals surface area contributed by atoms with Gasteiger partial charge in [-0.2, -0.15) is 5.10 Å². The highest BCUT2D eigenvalue weighted by Crippen LogP contribution is 2.27. The van der Waals surface area contributed by atoms with E-state index >= 15 is 0 Å². The third kappa shape index (κ3) is 4.01. The minimum atomic E-state index is -0.0910. The SMILES string of the molecule is CSc1nc(N2CCOCC2)c2cnn(CCNC(=O)c3cccc4ccccc34)c2n1. The van der Waals surface area contributed by atoms with E-state index in [1.165, 1.54) is 11.8 Å². The first-order chi connectivity index (χ1) is 15.7. The number of amides is 1. The molecule has 0 radical (unpaired) electrons. The average molecular weight is 449 g/mol. The van der Waals surface area contributed by atoms with Gasteiger partial charge in [0.1, 0.15) is 5.82 Å². The Morgan fingerprint density at radius 1 is 1.09 bits per heavy atom. The zero-order valence-electron chi connectivity index (χ0n) is 17.8. The molecule has 2 aromatic carbocycles. The van der Waals surface area contributed by atoms with Crippen molar-refractivity contribution >= 4 is 45.3 Å². The number of benzene rings is 2. The van der Waals surface area contributed by atoms with Gasteiger partial charge in [-0.3, -0.25) is 4.79 Å². The first-order valence-electron chi connectivity index (χ1n) is 10.6. The van der Waals surface area contributed by atoms with Crippen molar-refractivity contribution in [3.63, 3.8) is 0 Å². The predicted octanol–water partition coefficient (Wildman–Crippen LogP) is 2.97. The molecule has 1 saturated heterocycles. The lowest BCUT2D eigenvalue weighted by atomic mass is 10.0. The number of thioether (sulfide) groups is 1. The molecular weight excluding hydrogens is 424 g/mol. The van der Waals surface area contributed by atoms with Gasteiger partial charge in [0.25, 0.3) is 5.91 Å². The number of anilines is 1. The van der Waals surface area contributed by atoms with Gasteiger partial charge in [0.05, 0.1) is 31.3 Å². The van der Waals surface area contributed by atoms with Crippen LogP contribution in [0, 0.1) is 0 Å². The molecule has 164 valence electrons. The second-order valence-electron chi connectivity index (χ2n) is 7.52. The number of aromatic nitrogens is 4. The van der Waals surface area contributed by atoms with E-state index in [4.69, 9.17) is 9.72 Å². The third-order valence-electron chi connectivity index (χ3n) is 5.59. The summed E-state index contributed by atoms with van der Waals surface area (Å²) >= 11 is 1.51. The van der Waals surface area contributed by atoms with E-state index in [9.17, 15) is 4.79 Å². The Balaban J connectivity index is 1.35. The topological polar surface area (TPSA) is 85.2 Å². The number of nitrogens with zero attached hydrogens (tertiary/aromatic N) is 5. The molecule has 3 heterocycles. The van der Waals surface area contributed by atoms with Crippen molar-refractivity contribution in [2.75, 3.05) is 44.0 Å². The summed E-state index contributed by atoms with van der Waals surface area (Å²) in [4.78, 5) is 24.5. The van der Waals surface area contributed by atoms with Crippen LogP contribution in [-0.4, -0.2) is 64.8 Å². The van der Waals surface area contributed by atoms with E-state index < -0.39 is 0 Å². The average Bonchev–Trinajstić information content (AvgIpc) is 3.26. The largest absolute Gasteiger partial charge is 0.378 e. The lowest BCUT2D eigenvalue weighted by Gasteiger charge is -2.28. The molecule has 4 aromatic rings. The van der Waals surface area contributed by atoms with Crippen LogP contribution in [0.2, 0.25) is 0 Å². The number of morpholine rings is 1. The van der Waals surface area contributed by atoms with Crippen molar-refractivity contribution in [1.29, 1.82) is 0 Å². The summed E-state index contributed by atoms with van der Waals surface area (Å²) in [7, 11) is 0. The Morgan fingerprint density at radius 3 is 2.75 bits per heavy atom. The number of carbonyl (C=O) groups excluding carboxylic acids is 1. The maximum Gasteiger partial charge on any atom is 0.251 e. The van der Waals surface area contributed by atoms with E-state index in [-0.39, 0.29) is 5.91 Å². The molecular formula is C23H24N6O2S. The van der Waals surface area contributed by atoms with Gasteiger partial charge in [-0.05, 0) is 23.1 Å². The summed E-state index contributed by atoms with van der Waals surface area (Å²) in [5, 5.41) is 11.2. The lowest BCUT2D eigenvalue weighted by molar-refractivity contribution is 0.0953. The van der Waals surface area contributed by atoms with E-state index in [0.717, 1.165) is 40.7 Å². The number of carbonyl (C=O) groups is 1. The Kier molecular flexibility index (Phi) is 5.91. The van der Waals surface area contributed by atoms with Crippen molar-refractivity contribution in [1.82, 2.24) is 25.1 Å². The van der Waals surface area contributed by atoms with Crippen LogP contribution in [0.3, 0.4) is 0 Å². The van der Waals surface area contributed by atoms with Crippen LogP contribution in [-0.2, 0) is 11.3 Å². The predicted molar refractivity (Wildman–Crippen MR) is 126 cm³/mol. The molecule has 0 aliphatic carbocycles. The quantitative estimate of drug-likeness (QED) is 0.359. The second kappa shape index (κ2) is 9.13. The molecule has 0 saturated carbocycles. The van der Waals surface area contributed by atoms with E-state index in [2.05, 4.69) is 20.3 Å². The molecule has 9 heteroatoms. The van der Waals surface area contributed by atoms with Crippen molar-refractivity contribution in [2.45, 2.75) is 11.7 Å². The fourth-order valence-corrected chi connectivity index (χ4v) is 4.34. The molecule has 1 amide bonds. The zero-order valence-corrected chi connectivity index (χ0v) is 18.6. The lowest BCUT2D eigenvalue weighted by Crippen LogP contribution is -2.37. The number of fused-ring (bicyclic) bond motifs is 2. The normalized spacial score (nSPS) is 14.2. The number of hydrogen-bond donors (Lipinski definition) is 1. The zero-order chi connectivity index (χ0) is 21.9. The van der Waals surface area contributed by atoms with Gasteiger partial charge in [-0.1, -0.05) is 48.2 Å². The third-order valence-corrected chi connectivity index (χ3v) is 6.14. The van der Waals surface area contributed by atoms with Gasteiger partial charge in [0, 0.05) is 25.2 Å². The van der Waals surface area contributed by atoms with Crippen LogP contribution in [0.1, 0.15) is 10.4 Å². The number of ether oxygens (including phenoxy) is 1. The summed E-state index contributed by atoms with van der Waals surface area (Å²) in [5.41, 5.74) is 1.46. The number of nitrogens with one attached hydrogen (secondary N) is 1. The van der Waals surface area contributed by atoms with Crippen LogP contribution in [0.25, 0.3) is 21.8 Å². The van der Waals surface area contributed by atoms with Crippen LogP contribution in [0.4, 0.5) is 5.82 Å². The molecule has 32 heavy (non-hydrogen) atoms. The Bertz CT molecular complexity index is 1260. The molecule has 1 N–H and O–H groups in total. The molecule has 0 atom stereocenters. The van der Waals surface area contributed by atoms with E-state index in [1.807, 2.05) is 59.6 Å². The summed E-state index contributed by atoms with van der Waals surface area (Å²) < 4.78 is 7.32. The minimum absolute atomic E-state index is 0.0910. The van der Waals surface area contributed by atoms with Crippen LogP contribution in [0.15, 0.2) is 53.8 Å². The van der Waals surface area contributed by atoms with Crippen LogP contribution >= 0.6 is 11.8 Å². The highest BCUT2D eigenvalue weighted by atomic mass is 32.2. The van der Waals surface area contributed by atoms with Gasteiger partial charge in [-0.15, -0.1) is 0 Å². The Morgan fingerprint density at radius 2 is 1.91 bits per heavy atom. The molecule has 8 nitrogen and oxygen atoms in total. The van der Waals surface area contributed by atoms with Gasteiger partial charge in [-0.25, -0.2) is 14.6 Å². The Labute approximate surface area is 190 Å². The second-order valence-corrected chi connectivity index (χ2v) is 8.29. The molecule has 0 bridgehead atoms. The molecule has 1 aliphatic rings. The summed E-state index contributed by atoms with van der Waals surface area (Å²) in [6.07, 6.45) is 3.78. The van der Waals surface area contributed by atoms with Gasteiger partial charge < -0.3 is 15.0 Å². The molecule has 5 rings (SSSR count). The first-order valence-corrected chi connectivity index (χ1v) is 11.8. The van der Waals surface area contributed by atoms with Crippen LogP contribution in [0.5, 0.6) is 0 Å². The van der Waals surface area contributed by atoms with Crippen molar-refractivity contribution < 1.29 is 9.53 Å². The fourth-order valence-electron chi connectivity index (χ4n) is 3.99. The van der Waals surface area contributed by atoms with E-state index in [1.54, 1.807) is 0 Å². The monoisotopic (exact) mass is 448 g/mol. The van der Waals surface area contributed by atoms with Gasteiger partial charge in [0.2, 0.25) is 0 Å². The van der Waals surface area contributed by atoms with Gasteiger partial charge in [0.15, 0.2) is 10.8 Å². The minimum Gasteiger partial charge on any atom is -0.378 e. The summed E-state index contributed by atoms with van der Waals surface area (Å²) in [6.45, 7) is 3.94. The fraction of sp³-hybridized carbons (Fsp3) is 0.304. The number of hydrogen-bond acceptors (Lipinski definition) is 7. The maximum absolute atomic E-state index is 12.8. The Hall–Kier alpha value is -3.17. The summed E-state index contributed by atoms with van der Waals surface area (Å²) in [5.74, 6) is 0.806. The highest BCUT2D eigenvalue weighted by Gasteiger charge is 2.20. The first kappa shape index (κ1) is 20.7. The smallest absolute Gasteiger partial charge is 0.251 e. The molecule has 0 spiro atoms. The van der Waals surface area contributed by atoms with E-state index in [0.29, 0.717) is 37.0 Å². The molecule has 2 aromatic heterocycles.